The fourth-order valence-corrected chi connectivity index (χ4v) is 2.14. The van der Waals surface area contributed by atoms with E-state index in [1.807, 2.05) is 13.8 Å². The van der Waals surface area contributed by atoms with E-state index in [2.05, 4.69) is 10.1 Å². The molecule has 0 aromatic carbocycles. The molecule has 1 fully saturated rings. The molecule has 0 bridgehead atoms. The van der Waals surface area contributed by atoms with E-state index < -0.39 is 6.10 Å². The van der Waals surface area contributed by atoms with Crippen LogP contribution in [0.1, 0.15) is 57.2 Å². The summed E-state index contributed by atoms with van der Waals surface area (Å²) in [5.41, 5.74) is -0.349. The monoisotopic (exact) mass is 240 g/mol. The third kappa shape index (κ3) is 2.09. The Bertz CT molecular complexity index is 368. The molecule has 1 aromatic heterocycles. The number of nitrogens with zero attached hydrogens (tertiary/aromatic N) is 2. The molecule has 1 saturated carbocycles. The molecule has 2 rings (SSSR count). The number of hydrogen-bond acceptors (Lipinski definition) is 5. The van der Waals surface area contributed by atoms with Gasteiger partial charge in [0.15, 0.2) is 0 Å². The zero-order valence-corrected chi connectivity index (χ0v) is 10.6. The Morgan fingerprint density at radius 1 is 1.53 bits per heavy atom. The molecule has 17 heavy (non-hydrogen) atoms. The molecule has 1 heterocycles. The van der Waals surface area contributed by atoms with E-state index in [4.69, 9.17) is 9.26 Å². The van der Waals surface area contributed by atoms with Crippen LogP contribution in [0.2, 0.25) is 0 Å². The lowest BCUT2D eigenvalue weighted by molar-refractivity contribution is -0.0858. The van der Waals surface area contributed by atoms with Gasteiger partial charge in [0.05, 0.1) is 12.0 Å². The van der Waals surface area contributed by atoms with E-state index in [0.717, 1.165) is 19.3 Å². The van der Waals surface area contributed by atoms with E-state index in [0.29, 0.717) is 18.1 Å². The number of aliphatic hydroxyl groups is 1. The first-order chi connectivity index (χ1) is 8.13. The zero-order valence-electron chi connectivity index (χ0n) is 10.6. The number of ether oxygens (including phenoxy) is 1. The van der Waals surface area contributed by atoms with E-state index in [1.54, 1.807) is 7.11 Å². The number of aliphatic hydroxyl groups excluding tert-OH is 1. The van der Waals surface area contributed by atoms with Crippen LogP contribution in [0, 0.1) is 0 Å². The molecule has 5 nitrogen and oxygen atoms in total. The summed E-state index contributed by atoms with van der Waals surface area (Å²) in [7, 11) is 1.68. The zero-order chi connectivity index (χ0) is 12.5. The minimum Gasteiger partial charge on any atom is -0.392 e. The average Bonchev–Trinajstić information content (AvgIpc) is 2.76. The van der Waals surface area contributed by atoms with Crippen molar-refractivity contribution in [3.05, 3.63) is 11.7 Å². The SMILES string of the molecule is CCC(O)C(C)c1nc(C2(OC)CCC2)no1. The van der Waals surface area contributed by atoms with Gasteiger partial charge in [-0.1, -0.05) is 19.0 Å². The smallest absolute Gasteiger partial charge is 0.232 e. The van der Waals surface area contributed by atoms with E-state index in [-0.39, 0.29) is 11.5 Å². The van der Waals surface area contributed by atoms with Crippen molar-refractivity contribution in [2.24, 2.45) is 0 Å². The Labute approximate surface area is 101 Å². The van der Waals surface area contributed by atoms with Gasteiger partial charge < -0.3 is 14.4 Å². The summed E-state index contributed by atoms with van der Waals surface area (Å²) in [5.74, 6) is 0.990. The summed E-state index contributed by atoms with van der Waals surface area (Å²) in [4.78, 5) is 4.38. The molecule has 2 unspecified atom stereocenters. The highest BCUT2D eigenvalue weighted by Crippen LogP contribution is 2.43. The van der Waals surface area contributed by atoms with Crippen LogP contribution in [-0.4, -0.2) is 28.5 Å². The second kappa shape index (κ2) is 4.74. The predicted molar refractivity (Wildman–Crippen MR) is 61.5 cm³/mol. The maximum Gasteiger partial charge on any atom is 0.232 e. The number of rotatable bonds is 5. The third-order valence-corrected chi connectivity index (χ3v) is 3.79. The van der Waals surface area contributed by atoms with Crippen LogP contribution in [0.15, 0.2) is 4.52 Å². The van der Waals surface area contributed by atoms with Gasteiger partial charge in [0.2, 0.25) is 11.7 Å². The second-order valence-electron chi connectivity index (χ2n) is 4.77. The highest BCUT2D eigenvalue weighted by Gasteiger charge is 2.43. The highest BCUT2D eigenvalue weighted by molar-refractivity contribution is 5.08. The first-order valence-corrected chi connectivity index (χ1v) is 6.20. The third-order valence-electron chi connectivity index (χ3n) is 3.79. The Kier molecular flexibility index (Phi) is 3.49. The summed E-state index contributed by atoms with van der Waals surface area (Å²) in [6, 6.07) is 0. The topological polar surface area (TPSA) is 68.4 Å². The Balaban J connectivity index is 2.15. The fourth-order valence-electron chi connectivity index (χ4n) is 2.14. The van der Waals surface area contributed by atoms with Gasteiger partial charge in [-0.25, -0.2) is 0 Å². The van der Waals surface area contributed by atoms with Crippen molar-refractivity contribution in [3.8, 4) is 0 Å². The molecule has 0 amide bonds. The maximum absolute atomic E-state index is 9.76. The Morgan fingerprint density at radius 2 is 2.24 bits per heavy atom. The molecule has 0 saturated heterocycles. The lowest BCUT2D eigenvalue weighted by Crippen LogP contribution is -2.37. The quantitative estimate of drug-likeness (QED) is 0.852. The van der Waals surface area contributed by atoms with Crippen molar-refractivity contribution in [3.63, 3.8) is 0 Å². The lowest BCUT2D eigenvalue weighted by Gasteiger charge is -2.37. The molecule has 1 N–H and O–H groups in total. The van der Waals surface area contributed by atoms with E-state index >= 15 is 0 Å². The van der Waals surface area contributed by atoms with Gasteiger partial charge in [0.1, 0.15) is 5.60 Å². The van der Waals surface area contributed by atoms with Crippen molar-refractivity contribution in [2.75, 3.05) is 7.11 Å². The van der Waals surface area contributed by atoms with Gasteiger partial charge in [0, 0.05) is 7.11 Å². The maximum atomic E-state index is 9.76. The van der Waals surface area contributed by atoms with E-state index in [9.17, 15) is 5.11 Å². The largest absolute Gasteiger partial charge is 0.392 e. The second-order valence-corrected chi connectivity index (χ2v) is 4.77. The highest BCUT2D eigenvalue weighted by atomic mass is 16.5. The fraction of sp³-hybridized carbons (Fsp3) is 0.833. The Morgan fingerprint density at radius 3 is 2.71 bits per heavy atom. The van der Waals surface area contributed by atoms with Crippen molar-refractivity contribution >= 4 is 0 Å². The van der Waals surface area contributed by atoms with Gasteiger partial charge in [-0.3, -0.25) is 0 Å². The number of hydrogen-bond donors (Lipinski definition) is 1. The molecular formula is C12H20N2O3. The van der Waals surface area contributed by atoms with Gasteiger partial charge in [0.25, 0.3) is 0 Å². The van der Waals surface area contributed by atoms with Crippen molar-refractivity contribution < 1.29 is 14.4 Å². The van der Waals surface area contributed by atoms with Crippen molar-refractivity contribution in [1.82, 2.24) is 10.1 Å². The summed E-state index contributed by atoms with van der Waals surface area (Å²) < 4.78 is 10.7. The molecular weight excluding hydrogens is 220 g/mol. The van der Waals surface area contributed by atoms with Gasteiger partial charge in [-0.15, -0.1) is 0 Å². The molecule has 1 aliphatic carbocycles. The van der Waals surface area contributed by atoms with Crippen LogP contribution in [-0.2, 0) is 10.3 Å². The van der Waals surface area contributed by atoms with Crippen LogP contribution in [0.3, 0.4) is 0 Å². The Hall–Kier alpha value is -0.940. The molecule has 96 valence electrons. The van der Waals surface area contributed by atoms with Gasteiger partial charge in [-0.2, -0.15) is 4.98 Å². The summed E-state index contributed by atoms with van der Waals surface area (Å²) in [6.45, 7) is 3.83. The molecule has 0 radical (unpaired) electrons. The predicted octanol–water partition coefficient (Wildman–Crippen LogP) is 1.97. The van der Waals surface area contributed by atoms with Crippen LogP contribution in [0.4, 0.5) is 0 Å². The van der Waals surface area contributed by atoms with Crippen LogP contribution in [0.25, 0.3) is 0 Å². The first-order valence-electron chi connectivity index (χ1n) is 6.20. The molecule has 1 aromatic rings. The lowest BCUT2D eigenvalue weighted by atomic mass is 9.79. The molecule has 1 aliphatic rings. The van der Waals surface area contributed by atoms with Crippen molar-refractivity contribution in [1.29, 1.82) is 0 Å². The summed E-state index contributed by atoms with van der Waals surface area (Å²) >= 11 is 0. The molecule has 0 spiro atoms. The van der Waals surface area contributed by atoms with Crippen LogP contribution >= 0.6 is 0 Å². The summed E-state index contributed by atoms with van der Waals surface area (Å²) in [5, 5.41) is 13.8. The first kappa shape index (κ1) is 12.5. The van der Waals surface area contributed by atoms with Crippen LogP contribution in [0.5, 0.6) is 0 Å². The minimum absolute atomic E-state index is 0.129. The number of methoxy groups -OCH3 is 1. The summed E-state index contributed by atoms with van der Waals surface area (Å²) in [6.07, 6.45) is 3.24. The molecule has 0 aliphatic heterocycles. The average molecular weight is 240 g/mol. The number of aromatic nitrogens is 2. The van der Waals surface area contributed by atoms with E-state index in [1.165, 1.54) is 0 Å². The molecule has 2 atom stereocenters. The normalized spacial score (nSPS) is 21.9. The minimum atomic E-state index is -0.441. The van der Waals surface area contributed by atoms with Crippen molar-refractivity contribution in [2.45, 2.75) is 57.2 Å². The van der Waals surface area contributed by atoms with Gasteiger partial charge in [-0.05, 0) is 25.7 Å². The van der Waals surface area contributed by atoms with Crippen LogP contribution < -0.4 is 0 Å². The standard InChI is InChI=1S/C12H20N2O3/c1-4-9(15)8(2)10-13-11(14-17-10)12(16-3)6-5-7-12/h8-9,15H,4-7H2,1-3H3. The van der Waals surface area contributed by atoms with Gasteiger partial charge >= 0.3 is 0 Å². The molecule has 5 heteroatoms.